The van der Waals surface area contributed by atoms with Crippen molar-refractivity contribution in [2.75, 3.05) is 13.1 Å². The highest BCUT2D eigenvalue weighted by molar-refractivity contribution is 5.27. The van der Waals surface area contributed by atoms with Gasteiger partial charge in [-0.25, -0.2) is 0 Å². The second-order valence-corrected chi connectivity index (χ2v) is 6.36. The van der Waals surface area contributed by atoms with Crippen LogP contribution in [0.1, 0.15) is 56.9 Å². The van der Waals surface area contributed by atoms with Gasteiger partial charge in [0, 0.05) is 6.54 Å². The van der Waals surface area contributed by atoms with Crippen LogP contribution in [0.3, 0.4) is 0 Å². The molecule has 110 valence electrons. The molecule has 2 aliphatic rings. The molecule has 0 atom stereocenters. The molecule has 1 saturated carbocycles. The van der Waals surface area contributed by atoms with Crippen LogP contribution in [0.5, 0.6) is 5.75 Å². The topological polar surface area (TPSA) is 12.5 Å². The van der Waals surface area contributed by atoms with Gasteiger partial charge in [-0.15, -0.1) is 0 Å². The summed E-state index contributed by atoms with van der Waals surface area (Å²) in [7, 11) is 0. The van der Waals surface area contributed by atoms with Crippen molar-refractivity contribution >= 4 is 0 Å². The van der Waals surface area contributed by atoms with Crippen LogP contribution in [-0.4, -0.2) is 24.1 Å². The van der Waals surface area contributed by atoms with E-state index in [1.807, 2.05) is 0 Å². The van der Waals surface area contributed by atoms with Crippen LogP contribution in [0.4, 0.5) is 0 Å². The normalized spacial score (nSPS) is 21.8. The third-order valence-electron chi connectivity index (χ3n) is 4.63. The van der Waals surface area contributed by atoms with Gasteiger partial charge in [-0.05, 0) is 69.3 Å². The lowest BCUT2D eigenvalue weighted by molar-refractivity contribution is 0.155. The molecule has 0 spiro atoms. The van der Waals surface area contributed by atoms with E-state index in [0.29, 0.717) is 6.10 Å². The first kappa shape index (κ1) is 13.9. The van der Waals surface area contributed by atoms with Crippen molar-refractivity contribution in [1.29, 1.82) is 0 Å². The number of likely N-dealkylation sites (tertiary alicyclic amines) is 1. The molecule has 0 aromatic heterocycles. The van der Waals surface area contributed by atoms with E-state index in [1.54, 1.807) is 0 Å². The smallest absolute Gasteiger partial charge is 0.119 e. The predicted molar refractivity (Wildman–Crippen MR) is 83.1 cm³/mol. The first-order valence-electron chi connectivity index (χ1n) is 8.38. The van der Waals surface area contributed by atoms with E-state index < -0.39 is 0 Å². The minimum absolute atomic E-state index is 0.455. The zero-order chi connectivity index (χ0) is 13.6. The van der Waals surface area contributed by atoms with Gasteiger partial charge in [0.1, 0.15) is 5.75 Å². The van der Waals surface area contributed by atoms with E-state index in [-0.39, 0.29) is 0 Å². The van der Waals surface area contributed by atoms with Gasteiger partial charge in [0.25, 0.3) is 0 Å². The predicted octanol–water partition coefficient (Wildman–Crippen LogP) is 4.38. The van der Waals surface area contributed by atoms with Crippen molar-refractivity contribution in [2.24, 2.45) is 0 Å². The second-order valence-electron chi connectivity index (χ2n) is 6.36. The fraction of sp³-hybridized carbons (Fsp3) is 0.667. The van der Waals surface area contributed by atoms with Gasteiger partial charge in [0.05, 0.1) is 6.10 Å². The summed E-state index contributed by atoms with van der Waals surface area (Å²) in [5.41, 5.74) is 1.42. The van der Waals surface area contributed by atoms with Crippen molar-refractivity contribution in [2.45, 2.75) is 64.0 Å². The molecule has 3 rings (SSSR count). The van der Waals surface area contributed by atoms with E-state index >= 15 is 0 Å². The van der Waals surface area contributed by atoms with Gasteiger partial charge >= 0.3 is 0 Å². The lowest BCUT2D eigenvalue weighted by Crippen LogP contribution is -2.29. The number of benzene rings is 1. The summed E-state index contributed by atoms with van der Waals surface area (Å²) in [5, 5.41) is 0. The molecule has 0 bridgehead atoms. The third-order valence-corrected chi connectivity index (χ3v) is 4.63. The number of hydrogen-bond donors (Lipinski definition) is 0. The monoisotopic (exact) mass is 273 g/mol. The average molecular weight is 273 g/mol. The molecule has 2 heteroatoms. The first-order chi connectivity index (χ1) is 9.90. The lowest BCUT2D eigenvalue weighted by Gasteiger charge is -2.26. The van der Waals surface area contributed by atoms with Crippen LogP contribution in [0, 0.1) is 0 Å². The number of hydrogen-bond acceptors (Lipinski definition) is 2. The Labute approximate surface area is 123 Å². The van der Waals surface area contributed by atoms with Gasteiger partial charge in [-0.2, -0.15) is 0 Å². The molecular formula is C18H27NO. The molecule has 1 aliphatic carbocycles. The van der Waals surface area contributed by atoms with Crippen LogP contribution >= 0.6 is 0 Å². The fourth-order valence-corrected chi connectivity index (χ4v) is 3.42. The van der Waals surface area contributed by atoms with Gasteiger partial charge < -0.3 is 4.74 Å². The fourth-order valence-electron chi connectivity index (χ4n) is 3.42. The molecule has 0 N–H and O–H groups in total. The Morgan fingerprint density at radius 2 is 1.50 bits per heavy atom. The quantitative estimate of drug-likeness (QED) is 0.807. The summed E-state index contributed by atoms with van der Waals surface area (Å²) in [5.74, 6) is 1.05. The molecule has 1 aromatic rings. The highest BCUT2D eigenvalue weighted by Gasteiger charge is 2.15. The molecule has 1 saturated heterocycles. The van der Waals surface area contributed by atoms with Crippen LogP contribution < -0.4 is 4.74 Å². The van der Waals surface area contributed by atoms with E-state index in [0.717, 1.165) is 12.3 Å². The second kappa shape index (κ2) is 7.12. The maximum atomic E-state index is 6.09. The molecular weight excluding hydrogens is 246 g/mol. The first-order valence-corrected chi connectivity index (χ1v) is 8.38. The molecule has 1 heterocycles. The van der Waals surface area contributed by atoms with Gasteiger partial charge in [-0.3, -0.25) is 4.90 Å². The van der Waals surface area contributed by atoms with Crippen LogP contribution in [0.2, 0.25) is 0 Å². The highest BCUT2D eigenvalue weighted by Crippen LogP contribution is 2.24. The Bertz CT molecular complexity index is 349. The lowest BCUT2D eigenvalue weighted by atomic mass is 9.98. The minimum atomic E-state index is 0.455. The van der Waals surface area contributed by atoms with E-state index in [4.69, 9.17) is 4.74 Å². The van der Waals surface area contributed by atoms with Gasteiger partial charge in [0.2, 0.25) is 0 Å². The Hall–Kier alpha value is -1.02. The summed E-state index contributed by atoms with van der Waals surface area (Å²) < 4.78 is 6.09. The van der Waals surface area contributed by atoms with E-state index in [1.165, 1.54) is 70.0 Å². The maximum absolute atomic E-state index is 6.09. The Kier molecular flexibility index (Phi) is 4.96. The number of ether oxygens (including phenoxy) is 1. The van der Waals surface area contributed by atoms with Gasteiger partial charge in [0.15, 0.2) is 0 Å². The Morgan fingerprint density at radius 1 is 0.850 bits per heavy atom. The van der Waals surface area contributed by atoms with Crippen LogP contribution in [0.15, 0.2) is 24.3 Å². The van der Waals surface area contributed by atoms with E-state index in [9.17, 15) is 0 Å². The van der Waals surface area contributed by atoms with E-state index in [2.05, 4.69) is 29.2 Å². The summed E-state index contributed by atoms with van der Waals surface area (Å²) >= 11 is 0. The maximum Gasteiger partial charge on any atom is 0.119 e. The van der Waals surface area contributed by atoms with Gasteiger partial charge in [-0.1, -0.05) is 25.0 Å². The summed E-state index contributed by atoms with van der Waals surface area (Å²) in [6.45, 7) is 3.63. The van der Waals surface area contributed by atoms with Crippen molar-refractivity contribution in [1.82, 2.24) is 4.90 Å². The summed E-state index contributed by atoms with van der Waals surface area (Å²) in [6, 6.07) is 8.81. The molecule has 2 fully saturated rings. The molecule has 0 unspecified atom stereocenters. The molecule has 20 heavy (non-hydrogen) atoms. The average Bonchev–Trinajstić information content (AvgIpc) is 2.51. The summed E-state index contributed by atoms with van der Waals surface area (Å²) in [4.78, 5) is 2.57. The summed E-state index contributed by atoms with van der Waals surface area (Å²) in [6.07, 6.45) is 11.1. The SMILES string of the molecule is c1cc(OC2CCCCC2)ccc1CN1CCCCC1. The number of nitrogens with zero attached hydrogens (tertiary/aromatic N) is 1. The molecule has 1 aliphatic heterocycles. The van der Waals surface area contributed by atoms with Crippen LogP contribution in [0.25, 0.3) is 0 Å². The van der Waals surface area contributed by atoms with Crippen molar-refractivity contribution in [3.05, 3.63) is 29.8 Å². The van der Waals surface area contributed by atoms with Crippen LogP contribution in [-0.2, 0) is 6.54 Å². The number of piperidine rings is 1. The largest absolute Gasteiger partial charge is 0.490 e. The molecule has 0 amide bonds. The highest BCUT2D eigenvalue weighted by atomic mass is 16.5. The standard InChI is InChI=1S/C18H27NO/c1-3-7-17(8-4-1)20-18-11-9-16(10-12-18)15-19-13-5-2-6-14-19/h9-12,17H,1-8,13-15H2. The zero-order valence-corrected chi connectivity index (χ0v) is 12.5. The van der Waals surface area contributed by atoms with Crippen molar-refractivity contribution in [3.8, 4) is 5.75 Å². The number of rotatable bonds is 4. The van der Waals surface area contributed by atoms with Crippen molar-refractivity contribution < 1.29 is 4.74 Å². The zero-order valence-electron chi connectivity index (χ0n) is 12.5. The third kappa shape index (κ3) is 3.99. The molecule has 0 radical (unpaired) electrons. The molecule has 1 aromatic carbocycles. The Balaban J connectivity index is 1.51. The Morgan fingerprint density at radius 3 is 2.20 bits per heavy atom. The minimum Gasteiger partial charge on any atom is -0.490 e. The molecule has 2 nitrogen and oxygen atoms in total. The van der Waals surface area contributed by atoms with Crippen molar-refractivity contribution in [3.63, 3.8) is 0 Å².